The molecule has 0 aromatic carbocycles. The van der Waals surface area contributed by atoms with E-state index in [0.717, 1.165) is 0 Å². The lowest BCUT2D eigenvalue weighted by atomic mass is 10.4. The Labute approximate surface area is 43.4 Å². The van der Waals surface area contributed by atoms with Crippen LogP contribution in [0.2, 0.25) is 0 Å². The van der Waals surface area contributed by atoms with Gasteiger partial charge in [-0.05, 0) is 19.4 Å². The van der Waals surface area contributed by atoms with Gasteiger partial charge in [0.25, 0.3) is 0 Å². The highest BCUT2D eigenvalue weighted by molar-refractivity contribution is 4.85. The smallest absolute Gasteiger partial charge is 0.0810 e. The lowest BCUT2D eigenvalue weighted by Gasteiger charge is -1.85. The minimum Gasteiger partial charge on any atom is -0.504 e. The van der Waals surface area contributed by atoms with Crippen molar-refractivity contribution in [1.82, 2.24) is 0 Å². The summed E-state index contributed by atoms with van der Waals surface area (Å²) in [7, 11) is 1.65. The minimum absolute atomic E-state index is 0. The van der Waals surface area contributed by atoms with Crippen molar-refractivity contribution in [3.8, 4) is 0 Å². The number of rotatable bonds is 1. The van der Waals surface area contributed by atoms with Crippen LogP contribution in [0.15, 0.2) is 11.8 Å². The van der Waals surface area contributed by atoms with E-state index in [2.05, 4.69) is 4.74 Å². The molecule has 0 saturated heterocycles. The first-order valence-corrected chi connectivity index (χ1v) is 1.93. The van der Waals surface area contributed by atoms with Gasteiger partial charge in [-0.1, -0.05) is 0 Å². The van der Waals surface area contributed by atoms with Crippen molar-refractivity contribution in [3.63, 3.8) is 0 Å². The molecule has 0 heterocycles. The molecule has 0 spiro atoms. The van der Waals surface area contributed by atoms with E-state index < -0.39 is 0 Å². The third-order valence-corrected chi connectivity index (χ3v) is 0.354. The molecule has 0 aliphatic heterocycles. The van der Waals surface area contributed by atoms with Crippen molar-refractivity contribution in [1.29, 1.82) is 0 Å². The maximum atomic E-state index is 4.64. The first-order valence-electron chi connectivity index (χ1n) is 1.93. The van der Waals surface area contributed by atoms with E-state index in [1.165, 1.54) is 5.57 Å². The van der Waals surface area contributed by atoms with Gasteiger partial charge in [-0.25, -0.2) is 0 Å². The second-order valence-corrected chi connectivity index (χ2v) is 1.43. The minimum atomic E-state index is 0. The lowest BCUT2D eigenvalue weighted by molar-refractivity contribution is 0.334. The molecule has 0 atom stereocenters. The maximum Gasteiger partial charge on any atom is 0.0810 e. The molecule has 1 nitrogen and oxygen atoms in total. The molecule has 2 heteroatoms. The van der Waals surface area contributed by atoms with Gasteiger partial charge in [0, 0.05) is 0 Å². The van der Waals surface area contributed by atoms with Crippen LogP contribution in [0.1, 0.15) is 13.8 Å². The zero-order valence-electron chi connectivity index (χ0n) is 4.89. The summed E-state index contributed by atoms with van der Waals surface area (Å²) in [6.07, 6.45) is 1.71. The number of halogens is 1. The largest absolute Gasteiger partial charge is 0.504 e. The van der Waals surface area contributed by atoms with E-state index in [-0.39, 0.29) is 4.70 Å². The average molecular weight is 106 g/mol. The summed E-state index contributed by atoms with van der Waals surface area (Å²) in [5.74, 6) is 0. The van der Waals surface area contributed by atoms with Gasteiger partial charge in [-0.3, -0.25) is 4.70 Å². The fraction of sp³-hybridized carbons (Fsp3) is 0.600. The summed E-state index contributed by atoms with van der Waals surface area (Å²) in [6.45, 7) is 3.98. The van der Waals surface area contributed by atoms with Crippen molar-refractivity contribution in [2.75, 3.05) is 7.11 Å². The summed E-state index contributed by atoms with van der Waals surface area (Å²) in [5, 5.41) is 0. The molecule has 0 fully saturated rings. The molecule has 0 aliphatic carbocycles. The van der Waals surface area contributed by atoms with Crippen LogP contribution < -0.4 is 0 Å². The Morgan fingerprint density at radius 2 is 1.86 bits per heavy atom. The Kier molecular flexibility index (Phi) is 7.57. The van der Waals surface area contributed by atoms with Crippen molar-refractivity contribution in [3.05, 3.63) is 11.8 Å². The second kappa shape index (κ2) is 5.47. The Morgan fingerprint density at radius 3 is 1.86 bits per heavy atom. The molecular formula is C5H11FO. The summed E-state index contributed by atoms with van der Waals surface area (Å²) < 4.78 is 4.64. The summed E-state index contributed by atoms with van der Waals surface area (Å²) in [4.78, 5) is 0. The number of allylic oxidation sites excluding steroid dienone is 1. The molecule has 0 aromatic heterocycles. The molecular weight excluding hydrogens is 95.1 g/mol. The molecule has 0 aromatic rings. The fourth-order valence-corrected chi connectivity index (χ4v) is 0.236. The van der Waals surface area contributed by atoms with Crippen LogP contribution in [0.3, 0.4) is 0 Å². The second-order valence-electron chi connectivity index (χ2n) is 1.43. The van der Waals surface area contributed by atoms with Gasteiger partial charge in [-0.2, -0.15) is 0 Å². The summed E-state index contributed by atoms with van der Waals surface area (Å²) >= 11 is 0. The van der Waals surface area contributed by atoms with E-state index in [4.69, 9.17) is 0 Å². The van der Waals surface area contributed by atoms with E-state index in [1.807, 2.05) is 13.8 Å². The highest BCUT2D eigenvalue weighted by Gasteiger charge is 1.67. The Morgan fingerprint density at radius 1 is 1.43 bits per heavy atom. The normalized spacial score (nSPS) is 6.14. The highest BCUT2D eigenvalue weighted by Crippen LogP contribution is 1.84. The van der Waals surface area contributed by atoms with Crippen molar-refractivity contribution in [2.45, 2.75) is 13.8 Å². The first-order chi connectivity index (χ1) is 2.77. The topological polar surface area (TPSA) is 9.23 Å². The van der Waals surface area contributed by atoms with Gasteiger partial charge in [0.15, 0.2) is 0 Å². The van der Waals surface area contributed by atoms with Crippen LogP contribution in [-0.2, 0) is 4.74 Å². The van der Waals surface area contributed by atoms with Gasteiger partial charge >= 0.3 is 0 Å². The molecule has 0 aliphatic rings. The average Bonchev–Trinajstić information content (AvgIpc) is 1.35. The van der Waals surface area contributed by atoms with E-state index in [1.54, 1.807) is 13.4 Å². The van der Waals surface area contributed by atoms with Crippen molar-refractivity contribution >= 4 is 0 Å². The van der Waals surface area contributed by atoms with Gasteiger partial charge in [0.1, 0.15) is 0 Å². The molecule has 0 N–H and O–H groups in total. The number of hydrogen-bond donors (Lipinski definition) is 0. The summed E-state index contributed by atoms with van der Waals surface area (Å²) in [6, 6.07) is 0. The Hall–Kier alpha value is -0.530. The fourth-order valence-electron chi connectivity index (χ4n) is 0.236. The molecule has 0 rings (SSSR count). The van der Waals surface area contributed by atoms with Gasteiger partial charge in [0.2, 0.25) is 0 Å². The van der Waals surface area contributed by atoms with E-state index in [9.17, 15) is 0 Å². The molecule has 0 unspecified atom stereocenters. The first kappa shape index (κ1) is 9.69. The molecule has 44 valence electrons. The Bertz CT molecular complexity index is 55.1. The zero-order chi connectivity index (χ0) is 4.99. The standard InChI is InChI=1S/C5H10O.FH/c1-5(2)4-6-3;/h4H,1-3H3;1H. The van der Waals surface area contributed by atoms with Crippen molar-refractivity contribution in [2.24, 2.45) is 0 Å². The maximum absolute atomic E-state index is 4.64. The zero-order valence-corrected chi connectivity index (χ0v) is 4.89. The van der Waals surface area contributed by atoms with Crippen LogP contribution in [0.4, 0.5) is 4.70 Å². The quantitative estimate of drug-likeness (QED) is 0.462. The van der Waals surface area contributed by atoms with Crippen LogP contribution in [0.5, 0.6) is 0 Å². The van der Waals surface area contributed by atoms with Crippen LogP contribution in [0.25, 0.3) is 0 Å². The highest BCUT2D eigenvalue weighted by atomic mass is 19.0. The molecule has 0 amide bonds. The molecule has 7 heavy (non-hydrogen) atoms. The van der Waals surface area contributed by atoms with E-state index in [0.29, 0.717) is 0 Å². The number of ether oxygens (including phenoxy) is 1. The van der Waals surface area contributed by atoms with E-state index >= 15 is 0 Å². The van der Waals surface area contributed by atoms with Crippen LogP contribution >= 0.6 is 0 Å². The Balaban J connectivity index is 0. The predicted octanol–water partition coefficient (Wildman–Crippen LogP) is 1.71. The SMILES string of the molecule is COC=C(C)C.F. The number of hydrogen-bond acceptors (Lipinski definition) is 1. The monoisotopic (exact) mass is 106 g/mol. The third kappa shape index (κ3) is 10.8. The molecule has 0 saturated carbocycles. The van der Waals surface area contributed by atoms with Gasteiger partial charge < -0.3 is 4.74 Å². The number of methoxy groups -OCH3 is 1. The lowest BCUT2D eigenvalue weighted by Crippen LogP contribution is -1.66. The predicted molar refractivity (Wildman–Crippen MR) is 28.9 cm³/mol. The molecule has 0 bridgehead atoms. The van der Waals surface area contributed by atoms with Crippen molar-refractivity contribution < 1.29 is 9.44 Å². The molecule has 0 radical (unpaired) electrons. The van der Waals surface area contributed by atoms with Gasteiger partial charge in [0.05, 0.1) is 13.4 Å². The summed E-state index contributed by atoms with van der Waals surface area (Å²) in [5.41, 5.74) is 1.19. The van der Waals surface area contributed by atoms with Gasteiger partial charge in [-0.15, -0.1) is 0 Å². The van der Waals surface area contributed by atoms with Crippen LogP contribution in [-0.4, -0.2) is 7.11 Å². The third-order valence-electron chi connectivity index (χ3n) is 0.354. The van der Waals surface area contributed by atoms with Crippen LogP contribution in [0, 0.1) is 0 Å².